The zero-order valence-corrected chi connectivity index (χ0v) is 9.75. The van der Waals surface area contributed by atoms with Crippen LogP contribution in [0.4, 0.5) is 0 Å². The minimum Gasteiger partial charge on any atom is -0.299 e. The lowest BCUT2D eigenvalue weighted by Crippen LogP contribution is -2.31. The molecule has 0 N–H and O–H groups in total. The number of hydrogen-bond donors (Lipinski definition) is 0. The number of carbonyl (C=O) groups excluding carboxylic acids is 2. The average molecular weight is 216 g/mol. The van der Waals surface area contributed by atoms with Gasteiger partial charge < -0.3 is 0 Å². The Labute approximate surface area is 95.4 Å². The Hall–Kier alpha value is -1.18. The molecule has 3 rings (SSSR count). The topological polar surface area (TPSA) is 34.1 Å². The number of rotatable bonds is 2. The number of allylic oxidation sites excluding steroid dienone is 4. The normalized spacial score (nSPS) is 41.4. The second-order valence-electron chi connectivity index (χ2n) is 5.38. The van der Waals surface area contributed by atoms with Gasteiger partial charge in [-0.05, 0) is 26.7 Å². The molecule has 3 aliphatic rings. The highest BCUT2D eigenvalue weighted by molar-refractivity contribution is 6.13. The lowest BCUT2D eigenvalue weighted by molar-refractivity contribution is -0.135. The number of carbonyl (C=O) groups is 2. The van der Waals surface area contributed by atoms with Gasteiger partial charge in [0.15, 0.2) is 0 Å². The summed E-state index contributed by atoms with van der Waals surface area (Å²) in [5, 5.41) is 0. The molecule has 0 heterocycles. The highest BCUT2D eigenvalue weighted by atomic mass is 16.2. The van der Waals surface area contributed by atoms with E-state index in [1.54, 1.807) is 13.8 Å². The minimum atomic E-state index is -0.734. The van der Waals surface area contributed by atoms with Crippen LogP contribution in [0.25, 0.3) is 0 Å². The van der Waals surface area contributed by atoms with E-state index in [0.29, 0.717) is 0 Å². The Morgan fingerprint density at radius 3 is 1.75 bits per heavy atom. The Morgan fingerprint density at radius 1 is 0.938 bits per heavy atom. The Balaban J connectivity index is 2.26. The summed E-state index contributed by atoms with van der Waals surface area (Å²) >= 11 is 0. The zero-order valence-electron chi connectivity index (χ0n) is 9.75. The van der Waals surface area contributed by atoms with Gasteiger partial charge in [-0.25, -0.2) is 0 Å². The van der Waals surface area contributed by atoms with E-state index in [-0.39, 0.29) is 22.4 Å². The van der Waals surface area contributed by atoms with E-state index in [4.69, 9.17) is 0 Å². The maximum atomic E-state index is 12.1. The maximum Gasteiger partial charge on any atom is 0.145 e. The van der Waals surface area contributed by atoms with Crippen molar-refractivity contribution < 1.29 is 9.59 Å². The van der Waals surface area contributed by atoms with Gasteiger partial charge in [0, 0.05) is 10.8 Å². The van der Waals surface area contributed by atoms with Crippen molar-refractivity contribution in [3.8, 4) is 0 Å². The second-order valence-corrected chi connectivity index (χ2v) is 5.38. The third kappa shape index (κ3) is 0.642. The van der Waals surface area contributed by atoms with E-state index >= 15 is 0 Å². The molecule has 16 heavy (non-hydrogen) atoms. The molecule has 0 aromatic rings. The third-order valence-corrected chi connectivity index (χ3v) is 5.14. The second kappa shape index (κ2) is 2.55. The van der Waals surface area contributed by atoms with Crippen LogP contribution in [0.5, 0.6) is 0 Å². The van der Waals surface area contributed by atoms with Crippen molar-refractivity contribution >= 4 is 11.6 Å². The van der Waals surface area contributed by atoms with Crippen molar-refractivity contribution in [1.29, 1.82) is 0 Å². The van der Waals surface area contributed by atoms with Crippen LogP contribution in [0.2, 0.25) is 0 Å². The van der Waals surface area contributed by atoms with Crippen LogP contribution < -0.4 is 0 Å². The van der Waals surface area contributed by atoms with Crippen LogP contribution in [-0.2, 0) is 9.59 Å². The number of Topliss-reactive ketones (excluding diaryl/α,β-unsaturated/α-hetero) is 2. The van der Waals surface area contributed by atoms with Crippen molar-refractivity contribution in [1.82, 2.24) is 0 Å². The monoisotopic (exact) mass is 216 g/mol. The molecule has 0 aliphatic heterocycles. The highest BCUT2D eigenvalue weighted by Crippen LogP contribution is 2.87. The molecule has 3 aliphatic carbocycles. The SMILES string of the molecule is CC(=O)C1(C(C)=O)[C@@]23C=CC=C[C@@]12CCC3. The summed E-state index contributed by atoms with van der Waals surface area (Å²) in [6.45, 7) is 3.16. The van der Waals surface area contributed by atoms with Crippen molar-refractivity contribution in [3.05, 3.63) is 24.3 Å². The zero-order chi connectivity index (χ0) is 11.6. The molecule has 0 spiro atoms. The van der Waals surface area contributed by atoms with Crippen molar-refractivity contribution in [2.45, 2.75) is 33.1 Å². The lowest BCUT2D eigenvalue weighted by atomic mass is 9.80. The van der Waals surface area contributed by atoms with E-state index in [2.05, 4.69) is 12.2 Å². The summed E-state index contributed by atoms with van der Waals surface area (Å²) in [4.78, 5) is 24.1. The predicted molar refractivity (Wildman–Crippen MR) is 60.8 cm³/mol. The minimum absolute atomic E-state index is 0.0518. The first-order chi connectivity index (χ1) is 7.55. The molecule has 0 amide bonds. The quantitative estimate of drug-likeness (QED) is 0.664. The van der Waals surface area contributed by atoms with Gasteiger partial charge in [-0.3, -0.25) is 9.59 Å². The molecular weight excluding hydrogens is 200 g/mol. The molecule has 0 aromatic carbocycles. The molecule has 0 saturated heterocycles. The highest BCUT2D eigenvalue weighted by Gasteiger charge is 2.90. The summed E-state index contributed by atoms with van der Waals surface area (Å²) in [5.74, 6) is 0.104. The summed E-state index contributed by atoms with van der Waals surface area (Å²) in [6.07, 6.45) is 11.3. The molecule has 0 unspecified atom stereocenters. The Kier molecular flexibility index (Phi) is 1.60. The first-order valence-corrected chi connectivity index (χ1v) is 5.94. The van der Waals surface area contributed by atoms with Gasteiger partial charge in [-0.2, -0.15) is 0 Å². The van der Waals surface area contributed by atoms with Crippen molar-refractivity contribution in [3.63, 3.8) is 0 Å². The molecule has 2 saturated carbocycles. The van der Waals surface area contributed by atoms with Crippen LogP contribution in [0.3, 0.4) is 0 Å². The Morgan fingerprint density at radius 2 is 1.38 bits per heavy atom. The third-order valence-electron chi connectivity index (χ3n) is 5.14. The molecule has 2 heteroatoms. The predicted octanol–water partition coefficient (Wildman–Crippen LogP) is 2.45. The summed E-state index contributed by atoms with van der Waals surface area (Å²) in [7, 11) is 0. The fraction of sp³-hybridized carbons (Fsp3) is 0.571. The van der Waals surface area contributed by atoms with Crippen molar-refractivity contribution in [2.75, 3.05) is 0 Å². The van der Waals surface area contributed by atoms with Gasteiger partial charge in [0.25, 0.3) is 0 Å². The van der Waals surface area contributed by atoms with Crippen LogP contribution >= 0.6 is 0 Å². The smallest absolute Gasteiger partial charge is 0.145 e. The fourth-order valence-corrected chi connectivity index (χ4v) is 4.88. The number of hydrogen-bond acceptors (Lipinski definition) is 2. The first-order valence-electron chi connectivity index (χ1n) is 5.94. The summed E-state index contributed by atoms with van der Waals surface area (Å²) in [5.41, 5.74) is -1.08. The Bertz CT molecular complexity index is 415. The van der Waals surface area contributed by atoms with E-state index in [1.165, 1.54) is 0 Å². The van der Waals surface area contributed by atoms with Crippen LogP contribution in [0, 0.1) is 16.2 Å². The van der Waals surface area contributed by atoms with Crippen LogP contribution in [-0.4, -0.2) is 11.6 Å². The molecule has 0 bridgehead atoms. The molecular formula is C14H16O2. The molecule has 2 fully saturated rings. The molecule has 0 aromatic heterocycles. The van der Waals surface area contributed by atoms with Gasteiger partial charge in [-0.1, -0.05) is 30.7 Å². The van der Waals surface area contributed by atoms with Gasteiger partial charge in [-0.15, -0.1) is 0 Å². The van der Waals surface area contributed by atoms with E-state index < -0.39 is 5.41 Å². The van der Waals surface area contributed by atoms with E-state index in [9.17, 15) is 9.59 Å². The van der Waals surface area contributed by atoms with Crippen LogP contribution in [0.1, 0.15) is 33.1 Å². The molecule has 0 radical (unpaired) electrons. The first kappa shape index (κ1) is 10.0. The number of ketones is 2. The molecule has 2 atom stereocenters. The lowest BCUT2D eigenvalue weighted by Gasteiger charge is -2.19. The van der Waals surface area contributed by atoms with E-state index in [0.717, 1.165) is 19.3 Å². The van der Waals surface area contributed by atoms with Crippen molar-refractivity contribution in [2.24, 2.45) is 16.2 Å². The van der Waals surface area contributed by atoms with Gasteiger partial charge in [0.05, 0.1) is 0 Å². The summed E-state index contributed by atoms with van der Waals surface area (Å²) in [6, 6.07) is 0. The molecule has 84 valence electrons. The molecule has 2 nitrogen and oxygen atoms in total. The largest absolute Gasteiger partial charge is 0.299 e. The van der Waals surface area contributed by atoms with Crippen LogP contribution in [0.15, 0.2) is 24.3 Å². The van der Waals surface area contributed by atoms with Gasteiger partial charge in [0.1, 0.15) is 17.0 Å². The fourth-order valence-electron chi connectivity index (χ4n) is 4.88. The maximum absolute atomic E-state index is 12.1. The standard InChI is InChI=1S/C14H16O2/c1-10(15)14(11(2)16)12-6-3-4-7-13(12,14)9-5-8-12/h3-4,6-7H,5,8-9H2,1-2H3/t12-,13+. The summed E-state index contributed by atoms with van der Waals surface area (Å²) < 4.78 is 0. The van der Waals surface area contributed by atoms with Gasteiger partial charge >= 0.3 is 0 Å². The van der Waals surface area contributed by atoms with E-state index in [1.807, 2.05) is 12.2 Å². The van der Waals surface area contributed by atoms with Gasteiger partial charge in [0.2, 0.25) is 0 Å². The average Bonchev–Trinajstić information content (AvgIpc) is 2.52.